The van der Waals surface area contributed by atoms with Gasteiger partial charge in [0.25, 0.3) is 0 Å². The zero-order valence-electron chi connectivity index (χ0n) is 9.06. The number of ether oxygens (including phenoxy) is 1. The molecule has 2 N–H and O–H groups in total. The maximum absolute atomic E-state index is 11.0. The minimum Gasteiger partial charge on any atom is -0.375 e. The molecular formula is C10H19NO3S. The van der Waals surface area contributed by atoms with Crippen molar-refractivity contribution in [3.8, 4) is 0 Å². The molecule has 4 nitrogen and oxygen atoms in total. The third-order valence-electron chi connectivity index (χ3n) is 3.52. The van der Waals surface area contributed by atoms with E-state index in [0.29, 0.717) is 24.5 Å². The minimum absolute atomic E-state index is 0.0185. The van der Waals surface area contributed by atoms with Crippen LogP contribution in [-0.2, 0) is 14.6 Å². The van der Waals surface area contributed by atoms with Crippen LogP contribution >= 0.6 is 0 Å². The van der Waals surface area contributed by atoms with Crippen LogP contribution in [0.15, 0.2) is 0 Å². The van der Waals surface area contributed by atoms with Gasteiger partial charge in [-0.15, -0.1) is 0 Å². The molecule has 0 saturated carbocycles. The highest BCUT2D eigenvalue weighted by molar-refractivity contribution is 7.90. The SMILES string of the molecule is CS(=O)(=O)CCC(N)C1CC2CCC1O2. The molecule has 15 heavy (non-hydrogen) atoms. The van der Waals surface area contributed by atoms with E-state index in [4.69, 9.17) is 10.5 Å². The van der Waals surface area contributed by atoms with E-state index in [9.17, 15) is 8.42 Å². The average Bonchev–Trinajstić information content (AvgIpc) is 2.73. The maximum atomic E-state index is 11.0. The van der Waals surface area contributed by atoms with Gasteiger partial charge < -0.3 is 10.5 Å². The van der Waals surface area contributed by atoms with Gasteiger partial charge in [0.05, 0.1) is 18.0 Å². The summed E-state index contributed by atoms with van der Waals surface area (Å²) in [6, 6.07) is -0.0185. The van der Waals surface area contributed by atoms with E-state index in [1.54, 1.807) is 0 Å². The lowest BCUT2D eigenvalue weighted by molar-refractivity contribution is 0.0883. The molecule has 0 amide bonds. The fourth-order valence-corrected chi connectivity index (χ4v) is 3.39. The summed E-state index contributed by atoms with van der Waals surface area (Å²) in [4.78, 5) is 0. The maximum Gasteiger partial charge on any atom is 0.147 e. The number of nitrogens with two attached hydrogens (primary N) is 1. The van der Waals surface area contributed by atoms with Crippen molar-refractivity contribution in [2.75, 3.05) is 12.0 Å². The molecule has 0 aliphatic carbocycles. The highest BCUT2D eigenvalue weighted by atomic mass is 32.2. The van der Waals surface area contributed by atoms with E-state index >= 15 is 0 Å². The Morgan fingerprint density at radius 2 is 2.20 bits per heavy atom. The van der Waals surface area contributed by atoms with Crippen LogP contribution in [0.1, 0.15) is 25.7 Å². The van der Waals surface area contributed by atoms with Crippen molar-refractivity contribution in [3.63, 3.8) is 0 Å². The molecule has 2 aliphatic heterocycles. The van der Waals surface area contributed by atoms with Crippen molar-refractivity contribution in [1.29, 1.82) is 0 Å². The minimum atomic E-state index is -2.88. The first-order chi connectivity index (χ1) is 6.96. The number of hydrogen-bond acceptors (Lipinski definition) is 4. The van der Waals surface area contributed by atoms with Crippen LogP contribution in [0, 0.1) is 5.92 Å². The highest BCUT2D eigenvalue weighted by Crippen LogP contribution is 2.40. The molecule has 2 heterocycles. The van der Waals surface area contributed by atoms with Gasteiger partial charge >= 0.3 is 0 Å². The molecule has 0 radical (unpaired) electrons. The first-order valence-electron chi connectivity index (χ1n) is 5.54. The molecule has 4 unspecified atom stereocenters. The molecule has 2 bridgehead atoms. The van der Waals surface area contributed by atoms with Gasteiger partial charge in [-0.3, -0.25) is 0 Å². The van der Waals surface area contributed by atoms with Crippen molar-refractivity contribution in [2.24, 2.45) is 11.7 Å². The first kappa shape index (κ1) is 11.4. The zero-order valence-corrected chi connectivity index (χ0v) is 9.87. The van der Waals surface area contributed by atoms with Crippen molar-refractivity contribution < 1.29 is 13.2 Å². The van der Waals surface area contributed by atoms with E-state index in [2.05, 4.69) is 0 Å². The molecule has 2 rings (SSSR count). The lowest BCUT2D eigenvalue weighted by Crippen LogP contribution is -2.37. The summed E-state index contributed by atoms with van der Waals surface area (Å²) >= 11 is 0. The summed E-state index contributed by atoms with van der Waals surface area (Å²) < 4.78 is 27.8. The lowest BCUT2D eigenvalue weighted by Gasteiger charge is -2.24. The predicted octanol–water partition coefficient (Wildman–Crippen LogP) is 0.316. The fourth-order valence-electron chi connectivity index (χ4n) is 2.69. The Morgan fingerprint density at radius 3 is 2.67 bits per heavy atom. The molecule has 88 valence electrons. The van der Waals surface area contributed by atoms with E-state index in [1.807, 2.05) is 0 Å². The van der Waals surface area contributed by atoms with Gasteiger partial charge in [-0.05, 0) is 25.7 Å². The first-order valence-corrected chi connectivity index (χ1v) is 7.60. The standard InChI is InChI=1S/C10H19NO3S/c1-15(12,13)5-4-9(11)8-6-7-2-3-10(8)14-7/h7-10H,2-6,11H2,1H3. The molecule has 0 aromatic heterocycles. The van der Waals surface area contributed by atoms with Gasteiger partial charge in [-0.25, -0.2) is 8.42 Å². The molecule has 0 aromatic rings. The summed E-state index contributed by atoms with van der Waals surface area (Å²) in [5.41, 5.74) is 6.03. The number of sulfone groups is 1. The van der Waals surface area contributed by atoms with E-state index in [1.165, 1.54) is 6.26 Å². The van der Waals surface area contributed by atoms with Gasteiger partial charge in [0.1, 0.15) is 9.84 Å². The van der Waals surface area contributed by atoms with Crippen molar-refractivity contribution in [2.45, 2.75) is 43.9 Å². The second kappa shape index (κ2) is 4.03. The smallest absolute Gasteiger partial charge is 0.147 e. The Kier molecular flexibility index (Phi) is 3.05. The van der Waals surface area contributed by atoms with Gasteiger partial charge in [0.2, 0.25) is 0 Å². The Labute approximate surface area is 91.1 Å². The van der Waals surface area contributed by atoms with Gasteiger partial charge in [-0.1, -0.05) is 0 Å². The monoisotopic (exact) mass is 233 g/mol. The highest BCUT2D eigenvalue weighted by Gasteiger charge is 2.43. The molecule has 0 aromatic carbocycles. The van der Waals surface area contributed by atoms with Crippen LogP contribution in [0.2, 0.25) is 0 Å². The quantitative estimate of drug-likeness (QED) is 0.759. The molecular weight excluding hydrogens is 214 g/mol. The Hall–Kier alpha value is -0.130. The summed E-state index contributed by atoms with van der Waals surface area (Å²) in [5, 5.41) is 0. The van der Waals surface area contributed by atoms with E-state index in [-0.39, 0.29) is 11.8 Å². The van der Waals surface area contributed by atoms with Crippen LogP contribution in [0.3, 0.4) is 0 Å². The number of fused-ring (bicyclic) bond motifs is 2. The third-order valence-corrected chi connectivity index (χ3v) is 4.50. The number of rotatable bonds is 4. The van der Waals surface area contributed by atoms with E-state index < -0.39 is 9.84 Å². The largest absolute Gasteiger partial charge is 0.375 e. The average molecular weight is 233 g/mol. The molecule has 5 heteroatoms. The van der Waals surface area contributed by atoms with Crippen LogP contribution in [-0.4, -0.2) is 38.7 Å². The van der Waals surface area contributed by atoms with Crippen molar-refractivity contribution in [3.05, 3.63) is 0 Å². The summed E-state index contributed by atoms with van der Waals surface area (Å²) in [6.07, 6.45) is 5.79. The van der Waals surface area contributed by atoms with Crippen LogP contribution < -0.4 is 5.73 Å². The van der Waals surface area contributed by atoms with Gasteiger partial charge in [-0.2, -0.15) is 0 Å². The second-order valence-corrected chi connectivity index (χ2v) is 7.12. The molecule has 2 fully saturated rings. The predicted molar refractivity (Wildman–Crippen MR) is 58.3 cm³/mol. The Balaban J connectivity index is 1.84. The van der Waals surface area contributed by atoms with Crippen LogP contribution in [0.25, 0.3) is 0 Å². The molecule has 2 saturated heterocycles. The second-order valence-electron chi connectivity index (χ2n) is 4.86. The summed E-state index contributed by atoms with van der Waals surface area (Å²) in [7, 11) is -2.88. The van der Waals surface area contributed by atoms with Crippen molar-refractivity contribution >= 4 is 9.84 Å². The Morgan fingerprint density at radius 1 is 1.47 bits per heavy atom. The molecule has 2 aliphatic rings. The van der Waals surface area contributed by atoms with Crippen LogP contribution in [0.5, 0.6) is 0 Å². The van der Waals surface area contributed by atoms with Crippen molar-refractivity contribution in [1.82, 2.24) is 0 Å². The summed E-state index contributed by atoms with van der Waals surface area (Å²) in [5.74, 6) is 0.577. The molecule has 4 atom stereocenters. The van der Waals surface area contributed by atoms with E-state index in [0.717, 1.165) is 19.3 Å². The molecule has 0 spiro atoms. The lowest BCUT2D eigenvalue weighted by atomic mass is 9.83. The van der Waals surface area contributed by atoms with Gasteiger partial charge in [0.15, 0.2) is 0 Å². The van der Waals surface area contributed by atoms with Crippen LogP contribution in [0.4, 0.5) is 0 Å². The summed E-state index contributed by atoms with van der Waals surface area (Å²) in [6.45, 7) is 0. The zero-order chi connectivity index (χ0) is 11.1. The third kappa shape index (κ3) is 2.71. The van der Waals surface area contributed by atoms with Gasteiger partial charge in [0, 0.05) is 18.2 Å². The number of hydrogen-bond donors (Lipinski definition) is 1. The normalized spacial score (nSPS) is 37.1. The topological polar surface area (TPSA) is 69.4 Å². The Bertz CT molecular complexity index is 328. The fraction of sp³-hybridized carbons (Fsp3) is 1.00.